The lowest BCUT2D eigenvalue weighted by atomic mass is 9.89. The van der Waals surface area contributed by atoms with Gasteiger partial charge in [0.15, 0.2) is 23.0 Å². The zero-order chi connectivity index (χ0) is 18.1. The van der Waals surface area contributed by atoms with Crippen LogP contribution in [0, 0.1) is 0 Å². The lowest BCUT2D eigenvalue weighted by molar-refractivity contribution is 0.239. The first-order valence-electron chi connectivity index (χ1n) is 7.70. The van der Waals surface area contributed by atoms with Gasteiger partial charge in [-0.15, -0.1) is 0 Å². The van der Waals surface area contributed by atoms with E-state index in [2.05, 4.69) is 0 Å². The number of phenols is 3. The summed E-state index contributed by atoms with van der Waals surface area (Å²) in [5.74, 6) is 0.358. The molecule has 0 unspecified atom stereocenters. The number of benzene rings is 2. The number of phenolic OH excluding ortho intramolecular Hbond substituents is 3. The molecule has 0 fully saturated rings. The van der Waals surface area contributed by atoms with Gasteiger partial charge in [-0.25, -0.2) is 0 Å². The molecule has 1 atom stereocenters. The third-order valence-corrected chi connectivity index (χ3v) is 4.36. The Labute approximate surface area is 145 Å². The summed E-state index contributed by atoms with van der Waals surface area (Å²) in [6.07, 6.45) is 0.462. The molecule has 0 aromatic heterocycles. The highest BCUT2D eigenvalue weighted by Crippen LogP contribution is 2.50. The van der Waals surface area contributed by atoms with Crippen LogP contribution in [0.25, 0.3) is 0 Å². The van der Waals surface area contributed by atoms with Gasteiger partial charge in [0.1, 0.15) is 0 Å². The predicted octanol–water partition coefficient (Wildman–Crippen LogP) is 2.55. The highest BCUT2D eigenvalue weighted by molar-refractivity contribution is 5.63. The molecule has 7 nitrogen and oxygen atoms in total. The van der Waals surface area contributed by atoms with Crippen molar-refractivity contribution in [1.29, 1.82) is 0 Å². The molecule has 134 valence electrons. The van der Waals surface area contributed by atoms with Crippen molar-refractivity contribution in [1.82, 2.24) is 0 Å². The second kappa shape index (κ2) is 6.51. The van der Waals surface area contributed by atoms with E-state index in [4.69, 9.17) is 18.9 Å². The van der Waals surface area contributed by atoms with Crippen molar-refractivity contribution in [2.45, 2.75) is 12.3 Å². The second-order valence-electron chi connectivity index (χ2n) is 5.72. The van der Waals surface area contributed by atoms with E-state index >= 15 is 0 Å². The normalized spacial score (nSPS) is 15.9. The van der Waals surface area contributed by atoms with Crippen LogP contribution in [0.1, 0.15) is 17.0 Å². The van der Waals surface area contributed by atoms with Gasteiger partial charge in [-0.3, -0.25) is 0 Å². The Morgan fingerprint density at radius 1 is 0.960 bits per heavy atom. The van der Waals surface area contributed by atoms with Gasteiger partial charge in [-0.1, -0.05) is 6.07 Å². The molecule has 7 heteroatoms. The third-order valence-electron chi connectivity index (χ3n) is 4.36. The average molecular weight is 348 g/mol. The van der Waals surface area contributed by atoms with Gasteiger partial charge in [-0.05, 0) is 18.6 Å². The number of hydrogen-bond acceptors (Lipinski definition) is 7. The van der Waals surface area contributed by atoms with Crippen LogP contribution < -0.4 is 18.9 Å². The molecular weight excluding hydrogens is 328 g/mol. The van der Waals surface area contributed by atoms with E-state index in [-0.39, 0.29) is 47.0 Å². The van der Waals surface area contributed by atoms with Gasteiger partial charge >= 0.3 is 0 Å². The fourth-order valence-corrected chi connectivity index (χ4v) is 3.15. The fraction of sp³-hybridized carbons (Fsp3) is 0.333. The monoisotopic (exact) mass is 348 g/mol. The molecule has 1 aliphatic rings. The number of hydrogen-bond donors (Lipinski definition) is 3. The summed E-state index contributed by atoms with van der Waals surface area (Å²) in [4.78, 5) is 0. The van der Waals surface area contributed by atoms with Crippen LogP contribution in [0.5, 0.6) is 40.2 Å². The maximum absolute atomic E-state index is 10.5. The summed E-state index contributed by atoms with van der Waals surface area (Å²) in [6, 6.07) is 4.96. The second-order valence-corrected chi connectivity index (χ2v) is 5.72. The van der Waals surface area contributed by atoms with E-state index in [1.165, 1.54) is 27.4 Å². The van der Waals surface area contributed by atoms with E-state index in [0.29, 0.717) is 23.3 Å². The molecule has 1 heterocycles. The smallest absolute Gasteiger partial charge is 0.206 e. The Hall–Kier alpha value is -2.96. The minimum atomic E-state index is -0.229. The molecule has 3 rings (SSSR count). The molecule has 0 radical (unpaired) electrons. The Kier molecular flexibility index (Phi) is 4.39. The van der Waals surface area contributed by atoms with Crippen LogP contribution in [0.2, 0.25) is 0 Å². The van der Waals surface area contributed by atoms with Crippen molar-refractivity contribution in [2.75, 3.05) is 27.9 Å². The topological polar surface area (TPSA) is 97.6 Å². The number of fused-ring (bicyclic) bond motifs is 1. The van der Waals surface area contributed by atoms with Gasteiger partial charge < -0.3 is 34.3 Å². The van der Waals surface area contributed by atoms with Gasteiger partial charge in [0.25, 0.3) is 0 Å². The lowest BCUT2D eigenvalue weighted by Gasteiger charge is -2.28. The fourth-order valence-electron chi connectivity index (χ4n) is 3.15. The van der Waals surface area contributed by atoms with E-state index in [0.717, 1.165) is 0 Å². The van der Waals surface area contributed by atoms with Crippen LogP contribution >= 0.6 is 0 Å². The minimum absolute atomic E-state index is 0.0131. The summed E-state index contributed by atoms with van der Waals surface area (Å²) in [6.45, 7) is 0.248. The molecule has 3 N–H and O–H groups in total. The van der Waals surface area contributed by atoms with Crippen molar-refractivity contribution in [3.63, 3.8) is 0 Å². The van der Waals surface area contributed by atoms with E-state index < -0.39 is 0 Å². The zero-order valence-electron chi connectivity index (χ0n) is 14.2. The molecule has 0 saturated heterocycles. The zero-order valence-corrected chi connectivity index (χ0v) is 14.2. The summed E-state index contributed by atoms with van der Waals surface area (Å²) in [5, 5.41) is 30.7. The molecule has 0 aliphatic carbocycles. The van der Waals surface area contributed by atoms with Gasteiger partial charge in [-0.2, -0.15) is 0 Å². The van der Waals surface area contributed by atoms with E-state index in [1.807, 2.05) is 0 Å². The largest absolute Gasteiger partial charge is 0.504 e. The van der Waals surface area contributed by atoms with Gasteiger partial charge in [0.05, 0.1) is 27.9 Å². The minimum Gasteiger partial charge on any atom is -0.504 e. The summed E-state index contributed by atoms with van der Waals surface area (Å²) in [7, 11) is 4.31. The van der Waals surface area contributed by atoms with Crippen molar-refractivity contribution in [3.8, 4) is 40.2 Å². The Bertz CT molecular complexity index is 801. The molecule has 2 aromatic rings. The average Bonchev–Trinajstić information content (AvgIpc) is 2.61. The van der Waals surface area contributed by atoms with Gasteiger partial charge in [0, 0.05) is 17.0 Å². The molecule has 0 bridgehead atoms. The number of methoxy groups -OCH3 is 3. The standard InChI is InChI=1S/C18H20O7/c1-22-13-5-4-11(14(20)18(13)24-3)10-6-9-7-12(19)17(23-2)15(21)16(9)25-8-10/h4-5,7,10,19-21H,6,8H2,1-3H3/t10-/m0/s1. The Morgan fingerprint density at radius 2 is 1.68 bits per heavy atom. The maximum Gasteiger partial charge on any atom is 0.206 e. The summed E-state index contributed by atoms with van der Waals surface area (Å²) in [5.41, 5.74) is 1.26. The first kappa shape index (κ1) is 16.9. The highest BCUT2D eigenvalue weighted by atomic mass is 16.5. The van der Waals surface area contributed by atoms with Crippen molar-refractivity contribution in [2.24, 2.45) is 0 Å². The molecule has 2 aromatic carbocycles. The first-order chi connectivity index (χ1) is 12.0. The Morgan fingerprint density at radius 3 is 2.32 bits per heavy atom. The van der Waals surface area contributed by atoms with Crippen LogP contribution in [0.4, 0.5) is 0 Å². The van der Waals surface area contributed by atoms with E-state index in [1.54, 1.807) is 12.1 Å². The number of rotatable bonds is 4. The van der Waals surface area contributed by atoms with Gasteiger partial charge in [0.2, 0.25) is 17.2 Å². The first-order valence-corrected chi connectivity index (χ1v) is 7.70. The number of aromatic hydroxyl groups is 3. The third kappa shape index (κ3) is 2.71. The highest BCUT2D eigenvalue weighted by Gasteiger charge is 2.30. The Balaban J connectivity index is 1.99. The molecule has 1 aliphatic heterocycles. The predicted molar refractivity (Wildman–Crippen MR) is 89.5 cm³/mol. The van der Waals surface area contributed by atoms with E-state index in [9.17, 15) is 15.3 Å². The van der Waals surface area contributed by atoms with Crippen LogP contribution in [-0.2, 0) is 6.42 Å². The van der Waals surface area contributed by atoms with Crippen molar-refractivity contribution in [3.05, 3.63) is 29.3 Å². The summed E-state index contributed by atoms with van der Waals surface area (Å²) < 4.78 is 21.1. The molecule has 0 amide bonds. The molecule has 0 spiro atoms. The van der Waals surface area contributed by atoms with Crippen molar-refractivity contribution < 1.29 is 34.3 Å². The SMILES string of the molecule is COc1ccc([C@@H]2COc3c(cc(O)c(OC)c3O)C2)c(O)c1OC. The maximum atomic E-state index is 10.5. The lowest BCUT2D eigenvalue weighted by Crippen LogP contribution is -2.19. The molecular formula is C18H20O7. The number of ether oxygens (including phenoxy) is 4. The van der Waals surface area contributed by atoms with Crippen LogP contribution in [0.3, 0.4) is 0 Å². The molecule has 25 heavy (non-hydrogen) atoms. The summed E-state index contributed by atoms with van der Waals surface area (Å²) >= 11 is 0. The van der Waals surface area contributed by atoms with Crippen LogP contribution in [-0.4, -0.2) is 43.3 Å². The van der Waals surface area contributed by atoms with Crippen LogP contribution in [0.15, 0.2) is 18.2 Å². The quantitative estimate of drug-likeness (QED) is 0.781. The molecule has 0 saturated carbocycles. The van der Waals surface area contributed by atoms with Crippen molar-refractivity contribution >= 4 is 0 Å².